The second-order valence-electron chi connectivity index (χ2n) is 4.76. The highest BCUT2D eigenvalue weighted by Gasteiger charge is 2.06. The first-order chi connectivity index (χ1) is 11.3. The highest BCUT2D eigenvalue weighted by molar-refractivity contribution is 5.79. The van der Waals surface area contributed by atoms with E-state index in [2.05, 4.69) is 20.6 Å². The molecule has 0 saturated carbocycles. The molecule has 6 heteroatoms. The van der Waals surface area contributed by atoms with Gasteiger partial charge in [-0.15, -0.1) is 0 Å². The summed E-state index contributed by atoms with van der Waals surface area (Å²) in [5.41, 5.74) is 2.03. The summed E-state index contributed by atoms with van der Waals surface area (Å²) < 4.78 is 10.6. The van der Waals surface area contributed by atoms with Crippen LogP contribution in [-0.4, -0.2) is 32.2 Å². The highest BCUT2D eigenvalue weighted by Crippen LogP contribution is 2.16. The SMILES string of the molecule is CN=C(NCc1ccccc1OC)NCc1cccnc1OC. The third kappa shape index (κ3) is 4.60. The van der Waals surface area contributed by atoms with Crippen LogP contribution in [0.25, 0.3) is 0 Å². The lowest BCUT2D eigenvalue weighted by Crippen LogP contribution is -2.36. The minimum Gasteiger partial charge on any atom is -0.496 e. The zero-order chi connectivity index (χ0) is 16.5. The van der Waals surface area contributed by atoms with Crippen LogP contribution < -0.4 is 20.1 Å². The van der Waals surface area contributed by atoms with Crippen LogP contribution in [0.5, 0.6) is 11.6 Å². The van der Waals surface area contributed by atoms with E-state index in [1.165, 1.54) is 0 Å². The largest absolute Gasteiger partial charge is 0.496 e. The van der Waals surface area contributed by atoms with E-state index >= 15 is 0 Å². The van der Waals surface area contributed by atoms with E-state index in [1.807, 2.05) is 36.4 Å². The molecule has 1 heterocycles. The van der Waals surface area contributed by atoms with Gasteiger partial charge in [-0.1, -0.05) is 24.3 Å². The lowest BCUT2D eigenvalue weighted by molar-refractivity contribution is 0.392. The highest BCUT2D eigenvalue weighted by atomic mass is 16.5. The molecule has 0 spiro atoms. The molecule has 0 amide bonds. The molecular weight excluding hydrogens is 292 g/mol. The van der Waals surface area contributed by atoms with Crippen molar-refractivity contribution in [3.8, 4) is 11.6 Å². The molecule has 1 aromatic heterocycles. The number of ether oxygens (including phenoxy) is 2. The van der Waals surface area contributed by atoms with Crippen LogP contribution >= 0.6 is 0 Å². The van der Waals surface area contributed by atoms with Gasteiger partial charge in [0.05, 0.1) is 14.2 Å². The van der Waals surface area contributed by atoms with Gasteiger partial charge in [0.15, 0.2) is 5.96 Å². The van der Waals surface area contributed by atoms with Gasteiger partial charge in [0.25, 0.3) is 0 Å². The standard InChI is InChI=1S/C17H22N4O2/c1-18-17(20-11-13-7-4-5-9-15(13)22-2)21-12-14-8-6-10-19-16(14)23-3/h4-10H,11-12H2,1-3H3,(H2,18,20,21). The van der Waals surface area contributed by atoms with E-state index < -0.39 is 0 Å². The monoisotopic (exact) mass is 314 g/mol. The van der Waals surface area contributed by atoms with Crippen LogP contribution in [0, 0.1) is 0 Å². The maximum Gasteiger partial charge on any atom is 0.218 e. The summed E-state index contributed by atoms with van der Waals surface area (Å²) in [5, 5.41) is 6.51. The third-order valence-electron chi connectivity index (χ3n) is 3.35. The Balaban J connectivity index is 1.93. The van der Waals surface area contributed by atoms with E-state index in [4.69, 9.17) is 9.47 Å². The molecule has 2 rings (SSSR count). The number of aliphatic imine (C=N–C) groups is 1. The van der Waals surface area contributed by atoms with Crippen LogP contribution in [0.15, 0.2) is 47.6 Å². The van der Waals surface area contributed by atoms with Crippen molar-refractivity contribution >= 4 is 5.96 Å². The Morgan fingerprint density at radius 1 is 1.00 bits per heavy atom. The molecule has 0 fully saturated rings. The van der Waals surface area contributed by atoms with Crippen LogP contribution in [0.1, 0.15) is 11.1 Å². The fourth-order valence-corrected chi connectivity index (χ4v) is 2.17. The summed E-state index contributed by atoms with van der Waals surface area (Å²) in [6.45, 7) is 1.19. The quantitative estimate of drug-likeness (QED) is 0.630. The maximum atomic E-state index is 5.35. The molecule has 2 aromatic rings. The molecule has 6 nitrogen and oxygen atoms in total. The van der Waals surface area contributed by atoms with Crippen LogP contribution in [0.4, 0.5) is 0 Å². The van der Waals surface area contributed by atoms with Crippen LogP contribution in [0.2, 0.25) is 0 Å². The maximum absolute atomic E-state index is 5.35. The molecule has 0 atom stereocenters. The number of benzene rings is 1. The number of methoxy groups -OCH3 is 2. The summed E-state index contributed by atoms with van der Waals surface area (Å²) in [6, 6.07) is 11.7. The number of pyridine rings is 1. The Bertz CT molecular complexity index is 605. The summed E-state index contributed by atoms with van der Waals surface area (Å²) in [5.74, 6) is 2.16. The fraction of sp³-hybridized carbons (Fsp3) is 0.294. The van der Waals surface area contributed by atoms with Crippen LogP contribution in [0.3, 0.4) is 0 Å². The van der Waals surface area contributed by atoms with Gasteiger partial charge >= 0.3 is 0 Å². The van der Waals surface area contributed by atoms with E-state index in [0.717, 1.165) is 16.9 Å². The third-order valence-corrected chi connectivity index (χ3v) is 3.35. The Morgan fingerprint density at radius 2 is 1.70 bits per heavy atom. The van der Waals surface area contributed by atoms with Gasteiger partial charge in [0.1, 0.15) is 5.75 Å². The van der Waals surface area contributed by atoms with Crippen molar-refractivity contribution in [3.05, 3.63) is 53.7 Å². The van der Waals surface area contributed by atoms with Gasteiger partial charge in [-0.2, -0.15) is 0 Å². The zero-order valence-corrected chi connectivity index (χ0v) is 13.7. The second kappa shape index (κ2) is 8.63. The number of para-hydroxylation sites is 1. The number of nitrogens with one attached hydrogen (secondary N) is 2. The lowest BCUT2D eigenvalue weighted by atomic mass is 10.2. The van der Waals surface area contributed by atoms with Crippen molar-refractivity contribution in [2.75, 3.05) is 21.3 Å². The minimum atomic E-state index is 0.572. The van der Waals surface area contributed by atoms with Crippen molar-refractivity contribution in [3.63, 3.8) is 0 Å². The first-order valence-corrected chi connectivity index (χ1v) is 7.32. The Labute approximate surface area is 136 Å². The van der Waals surface area contributed by atoms with E-state index in [-0.39, 0.29) is 0 Å². The van der Waals surface area contributed by atoms with Gasteiger partial charge in [-0.05, 0) is 12.1 Å². The van der Waals surface area contributed by atoms with E-state index in [9.17, 15) is 0 Å². The number of guanidine groups is 1. The predicted molar refractivity (Wildman–Crippen MR) is 90.8 cm³/mol. The minimum absolute atomic E-state index is 0.572. The average molecular weight is 314 g/mol. The molecule has 0 aliphatic rings. The molecule has 23 heavy (non-hydrogen) atoms. The fourth-order valence-electron chi connectivity index (χ4n) is 2.17. The molecule has 0 radical (unpaired) electrons. The molecule has 1 aromatic carbocycles. The Morgan fingerprint density at radius 3 is 2.39 bits per heavy atom. The second-order valence-corrected chi connectivity index (χ2v) is 4.76. The number of aromatic nitrogens is 1. The zero-order valence-electron chi connectivity index (χ0n) is 13.7. The molecule has 2 N–H and O–H groups in total. The number of hydrogen-bond donors (Lipinski definition) is 2. The Kier molecular flexibility index (Phi) is 6.23. The van der Waals surface area contributed by atoms with Crippen LogP contribution in [-0.2, 0) is 13.1 Å². The average Bonchev–Trinajstić information content (AvgIpc) is 2.62. The van der Waals surface area contributed by atoms with E-state index in [1.54, 1.807) is 27.5 Å². The molecule has 0 aliphatic carbocycles. The summed E-state index contributed by atoms with van der Waals surface area (Å²) in [7, 11) is 5.01. The Hall–Kier alpha value is -2.76. The lowest BCUT2D eigenvalue weighted by Gasteiger charge is -2.14. The van der Waals surface area contributed by atoms with Crippen molar-refractivity contribution in [1.82, 2.24) is 15.6 Å². The number of nitrogens with zero attached hydrogens (tertiary/aromatic N) is 2. The smallest absolute Gasteiger partial charge is 0.218 e. The number of hydrogen-bond acceptors (Lipinski definition) is 4. The predicted octanol–water partition coefficient (Wildman–Crippen LogP) is 1.96. The molecule has 122 valence electrons. The van der Waals surface area contributed by atoms with Gasteiger partial charge in [-0.25, -0.2) is 4.98 Å². The molecule has 0 aliphatic heterocycles. The van der Waals surface area contributed by atoms with Gasteiger partial charge in [0, 0.05) is 37.5 Å². The molecule has 0 unspecified atom stereocenters. The van der Waals surface area contributed by atoms with Crippen molar-refractivity contribution < 1.29 is 9.47 Å². The van der Waals surface area contributed by atoms with Gasteiger partial charge in [-0.3, -0.25) is 4.99 Å². The van der Waals surface area contributed by atoms with Crippen molar-refractivity contribution in [1.29, 1.82) is 0 Å². The molecule has 0 bridgehead atoms. The summed E-state index contributed by atoms with van der Waals surface area (Å²) in [4.78, 5) is 8.40. The first-order valence-electron chi connectivity index (χ1n) is 7.32. The van der Waals surface area contributed by atoms with Gasteiger partial charge < -0.3 is 20.1 Å². The molecular formula is C17H22N4O2. The normalized spacial score (nSPS) is 11.0. The number of rotatable bonds is 6. The first kappa shape index (κ1) is 16.6. The van der Waals surface area contributed by atoms with Crippen molar-refractivity contribution in [2.24, 2.45) is 4.99 Å². The topological polar surface area (TPSA) is 67.8 Å². The van der Waals surface area contributed by atoms with Gasteiger partial charge in [0.2, 0.25) is 5.88 Å². The molecule has 0 saturated heterocycles. The van der Waals surface area contributed by atoms with Crippen molar-refractivity contribution in [2.45, 2.75) is 13.1 Å². The summed E-state index contributed by atoms with van der Waals surface area (Å²) in [6.07, 6.45) is 1.71. The van der Waals surface area contributed by atoms with E-state index in [0.29, 0.717) is 24.9 Å². The summed E-state index contributed by atoms with van der Waals surface area (Å²) >= 11 is 0.